The molecule has 1 fully saturated rings. The van der Waals surface area contributed by atoms with E-state index in [1.54, 1.807) is 0 Å². The van der Waals surface area contributed by atoms with Crippen molar-refractivity contribution in [2.45, 2.75) is 44.4 Å². The highest BCUT2D eigenvalue weighted by Crippen LogP contribution is 2.59. The van der Waals surface area contributed by atoms with Gasteiger partial charge in [0.25, 0.3) is 0 Å². The highest BCUT2D eigenvalue weighted by molar-refractivity contribution is 9.10. The Kier molecular flexibility index (Phi) is 5.03. The number of halogens is 2. The first-order valence-electron chi connectivity index (χ1n) is 10.2. The number of hydrogen-bond donors (Lipinski definition) is 0. The number of carbonyl (C=O) groups is 1. The quantitative estimate of drug-likeness (QED) is 0.387. The summed E-state index contributed by atoms with van der Waals surface area (Å²) in [6.07, 6.45) is 8.13. The maximum Gasteiger partial charge on any atom is 0.318 e. The molecule has 1 spiro atoms. The summed E-state index contributed by atoms with van der Waals surface area (Å²) in [4.78, 5) is 13.4. The summed E-state index contributed by atoms with van der Waals surface area (Å²) in [6.45, 7) is 0. The van der Waals surface area contributed by atoms with E-state index in [4.69, 9.17) is 4.74 Å². The van der Waals surface area contributed by atoms with Gasteiger partial charge in [-0.05, 0) is 78.3 Å². The fraction of sp³-hybridized carbons (Fsp3) is 0.320. The third-order valence-corrected chi connectivity index (χ3v) is 7.72. The Bertz CT molecular complexity index is 1010. The number of esters is 1. The molecule has 0 saturated heterocycles. The Hall–Kier alpha value is -1.65. The zero-order chi connectivity index (χ0) is 20.0. The lowest BCUT2D eigenvalue weighted by atomic mass is 9.66. The molecule has 29 heavy (non-hydrogen) atoms. The van der Waals surface area contributed by atoms with E-state index >= 15 is 0 Å². The summed E-state index contributed by atoms with van der Waals surface area (Å²) in [5.41, 5.74) is 4.45. The zero-order valence-corrected chi connectivity index (χ0v) is 19.3. The fourth-order valence-corrected chi connectivity index (χ4v) is 5.86. The first-order valence-corrected chi connectivity index (χ1v) is 11.8. The molecule has 0 radical (unpaired) electrons. The van der Waals surface area contributed by atoms with Crippen LogP contribution in [0.25, 0.3) is 6.08 Å². The van der Waals surface area contributed by atoms with Crippen molar-refractivity contribution >= 4 is 43.9 Å². The predicted octanol–water partition coefficient (Wildman–Crippen LogP) is 7.54. The summed E-state index contributed by atoms with van der Waals surface area (Å²) in [7, 11) is 0. The highest BCUT2D eigenvalue weighted by atomic mass is 79.9. The van der Waals surface area contributed by atoms with Crippen LogP contribution in [0.5, 0.6) is 0 Å². The molecule has 5 rings (SSSR count). The van der Waals surface area contributed by atoms with Crippen LogP contribution < -0.4 is 0 Å². The van der Waals surface area contributed by atoms with Gasteiger partial charge in [0.2, 0.25) is 0 Å². The molecule has 0 amide bonds. The van der Waals surface area contributed by atoms with E-state index in [0.717, 1.165) is 64.4 Å². The van der Waals surface area contributed by atoms with Crippen LogP contribution in [0.2, 0.25) is 0 Å². The lowest BCUT2D eigenvalue weighted by Crippen LogP contribution is -2.40. The molecule has 148 valence electrons. The Morgan fingerprint density at radius 3 is 2.17 bits per heavy atom. The molecule has 2 aromatic rings. The molecule has 2 nitrogen and oxygen atoms in total. The molecule has 1 saturated carbocycles. The summed E-state index contributed by atoms with van der Waals surface area (Å²) in [5.74, 6) is 0.943. The van der Waals surface area contributed by atoms with Crippen molar-refractivity contribution in [2.75, 3.05) is 0 Å². The largest absolute Gasteiger partial charge is 0.426 e. The zero-order valence-electron chi connectivity index (χ0n) is 16.1. The van der Waals surface area contributed by atoms with Crippen molar-refractivity contribution in [3.8, 4) is 0 Å². The topological polar surface area (TPSA) is 26.3 Å². The molecular weight excluding hydrogens is 492 g/mol. The van der Waals surface area contributed by atoms with E-state index in [9.17, 15) is 4.79 Å². The molecule has 1 unspecified atom stereocenters. The second-order valence-electron chi connectivity index (χ2n) is 8.31. The normalized spacial score (nSPS) is 24.3. The van der Waals surface area contributed by atoms with E-state index in [1.807, 2.05) is 12.1 Å². The van der Waals surface area contributed by atoms with E-state index in [1.165, 1.54) is 11.1 Å². The molecule has 1 heterocycles. The number of allylic oxidation sites excluding steroid dienone is 2. The van der Waals surface area contributed by atoms with E-state index < -0.39 is 0 Å². The van der Waals surface area contributed by atoms with Gasteiger partial charge in [-0.1, -0.05) is 69.0 Å². The van der Waals surface area contributed by atoms with E-state index in [2.05, 4.69) is 74.3 Å². The first-order chi connectivity index (χ1) is 14.1. The van der Waals surface area contributed by atoms with Crippen LogP contribution in [0.15, 0.2) is 74.4 Å². The van der Waals surface area contributed by atoms with Crippen LogP contribution in [0.1, 0.15) is 55.6 Å². The Morgan fingerprint density at radius 1 is 0.897 bits per heavy atom. The van der Waals surface area contributed by atoms with Gasteiger partial charge in [-0.25, -0.2) is 0 Å². The van der Waals surface area contributed by atoms with Crippen molar-refractivity contribution < 1.29 is 9.53 Å². The Morgan fingerprint density at radius 2 is 1.52 bits per heavy atom. The predicted molar refractivity (Wildman–Crippen MR) is 122 cm³/mol. The second kappa shape index (κ2) is 7.55. The van der Waals surface area contributed by atoms with Crippen LogP contribution in [-0.4, -0.2) is 5.97 Å². The summed E-state index contributed by atoms with van der Waals surface area (Å²) in [5, 5.41) is 0. The monoisotopic (exact) mass is 512 g/mol. The van der Waals surface area contributed by atoms with Gasteiger partial charge in [0.15, 0.2) is 0 Å². The number of hydrogen-bond acceptors (Lipinski definition) is 2. The van der Waals surface area contributed by atoms with Crippen molar-refractivity contribution in [2.24, 2.45) is 5.41 Å². The maximum atomic E-state index is 13.4. The Labute approximate surface area is 188 Å². The fourth-order valence-electron chi connectivity index (χ4n) is 5.33. The summed E-state index contributed by atoms with van der Waals surface area (Å²) < 4.78 is 8.22. The van der Waals surface area contributed by atoms with Crippen LogP contribution in [0.3, 0.4) is 0 Å². The second-order valence-corrected chi connectivity index (χ2v) is 10.1. The average molecular weight is 514 g/mol. The molecular formula is C25H22Br2O2. The van der Waals surface area contributed by atoms with Gasteiger partial charge < -0.3 is 4.74 Å². The van der Waals surface area contributed by atoms with Gasteiger partial charge in [-0.15, -0.1) is 0 Å². The lowest BCUT2D eigenvalue weighted by Gasteiger charge is -2.40. The average Bonchev–Trinajstić information content (AvgIpc) is 3.35. The number of benzene rings is 2. The molecule has 1 atom stereocenters. The molecule has 4 heteroatoms. The number of rotatable bonds is 2. The summed E-state index contributed by atoms with van der Waals surface area (Å²) in [6, 6.07) is 16.8. The highest BCUT2D eigenvalue weighted by Gasteiger charge is 2.55. The number of carbonyl (C=O) groups excluding carboxylic acids is 1. The van der Waals surface area contributed by atoms with Gasteiger partial charge in [0, 0.05) is 14.9 Å². The third-order valence-electron chi connectivity index (χ3n) is 6.66. The van der Waals surface area contributed by atoms with Gasteiger partial charge in [-0.2, -0.15) is 0 Å². The standard InChI is InChI=1S/C25H22Br2O2/c26-19-8-3-16(4-9-19)15-18-7-12-21-22(17-5-10-20(27)11-6-17)25(13-1-2-14-25)24(28)29-23(18)21/h3-6,8-11,15,22H,1-2,7,12-14H2. The van der Waals surface area contributed by atoms with Crippen molar-refractivity contribution in [1.82, 2.24) is 0 Å². The molecule has 2 aliphatic carbocycles. The minimum absolute atomic E-state index is 0.0229. The van der Waals surface area contributed by atoms with Gasteiger partial charge in [0.1, 0.15) is 5.76 Å². The van der Waals surface area contributed by atoms with Crippen molar-refractivity contribution in [3.05, 3.63) is 85.5 Å². The van der Waals surface area contributed by atoms with Crippen LogP contribution in [0.4, 0.5) is 0 Å². The molecule has 3 aliphatic rings. The van der Waals surface area contributed by atoms with Crippen LogP contribution in [-0.2, 0) is 9.53 Å². The maximum absolute atomic E-state index is 13.4. The molecule has 1 aliphatic heterocycles. The minimum Gasteiger partial charge on any atom is -0.426 e. The molecule has 0 N–H and O–H groups in total. The molecule has 0 aromatic heterocycles. The van der Waals surface area contributed by atoms with Gasteiger partial charge in [-0.3, -0.25) is 4.79 Å². The molecule has 2 aromatic carbocycles. The van der Waals surface area contributed by atoms with Crippen molar-refractivity contribution in [3.63, 3.8) is 0 Å². The SMILES string of the molecule is O=C1OC2=C(CCC2=Cc2ccc(Br)cc2)C(c2ccc(Br)cc2)C12CCCC2. The smallest absolute Gasteiger partial charge is 0.318 e. The van der Waals surface area contributed by atoms with E-state index in [0.29, 0.717) is 0 Å². The van der Waals surface area contributed by atoms with Gasteiger partial charge >= 0.3 is 5.97 Å². The minimum atomic E-state index is -0.389. The first kappa shape index (κ1) is 19.3. The van der Waals surface area contributed by atoms with E-state index in [-0.39, 0.29) is 17.3 Å². The number of ether oxygens (including phenoxy) is 1. The van der Waals surface area contributed by atoms with Crippen LogP contribution in [0, 0.1) is 5.41 Å². The van der Waals surface area contributed by atoms with Crippen molar-refractivity contribution in [1.29, 1.82) is 0 Å². The molecule has 0 bridgehead atoms. The third kappa shape index (κ3) is 3.34. The lowest BCUT2D eigenvalue weighted by molar-refractivity contribution is -0.154. The van der Waals surface area contributed by atoms with Gasteiger partial charge in [0.05, 0.1) is 5.41 Å². The summed E-state index contributed by atoms with van der Waals surface area (Å²) >= 11 is 7.04. The Balaban J connectivity index is 1.62. The van der Waals surface area contributed by atoms with Crippen LogP contribution >= 0.6 is 31.9 Å².